The Balaban J connectivity index is 2.68. The third-order valence-corrected chi connectivity index (χ3v) is 4.60. The number of nitrogens with one attached hydrogen (secondary N) is 1. The molecule has 132 valence electrons. The van der Waals surface area contributed by atoms with E-state index in [1.54, 1.807) is 11.3 Å². The second-order valence-corrected chi connectivity index (χ2v) is 8.72. The smallest absolute Gasteiger partial charge is 0.407 e. The minimum absolute atomic E-state index is 0.0619. The third kappa shape index (κ3) is 7.84. The summed E-state index contributed by atoms with van der Waals surface area (Å²) in [6, 6.07) is 4.16. The number of alkyl carbamates (subject to hydrolysis) is 1. The first-order valence-corrected chi connectivity index (χ1v) is 9.14. The molecule has 0 aliphatic heterocycles. The minimum Gasteiger partial charge on any atom is -0.444 e. The van der Waals surface area contributed by atoms with Crippen molar-refractivity contribution < 1.29 is 14.6 Å². The number of carbonyl (C=O) groups is 1. The van der Waals surface area contributed by atoms with E-state index < -0.39 is 11.7 Å². The van der Waals surface area contributed by atoms with E-state index >= 15 is 0 Å². The van der Waals surface area contributed by atoms with Crippen molar-refractivity contribution in [2.24, 2.45) is 11.3 Å². The molecule has 4 nitrogen and oxygen atoms in total. The van der Waals surface area contributed by atoms with Gasteiger partial charge < -0.3 is 15.2 Å². The van der Waals surface area contributed by atoms with Crippen molar-refractivity contribution in [3.63, 3.8) is 0 Å². The Morgan fingerprint density at radius 3 is 2.57 bits per heavy atom. The molecule has 1 aromatic rings. The first-order valence-electron chi connectivity index (χ1n) is 8.26. The van der Waals surface area contributed by atoms with Gasteiger partial charge in [-0.3, -0.25) is 0 Å². The van der Waals surface area contributed by atoms with E-state index in [1.807, 2.05) is 26.8 Å². The van der Waals surface area contributed by atoms with Crippen LogP contribution in [0.2, 0.25) is 0 Å². The van der Waals surface area contributed by atoms with E-state index in [-0.39, 0.29) is 12.0 Å². The van der Waals surface area contributed by atoms with Crippen LogP contribution in [0.15, 0.2) is 17.5 Å². The largest absolute Gasteiger partial charge is 0.444 e. The van der Waals surface area contributed by atoms with Gasteiger partial charge in [0, 0.05) is 16.8 Å². The Labute approximate surface area is 144 Å². The lowest BCUT2D eigenvalue weighted by Gasteiger charge is -2.34. The molecule has 0 fully saturated rings. The maximum atomic E-state index is 11.9. The van der Waals surface area contributed by atoms with Crippen LogP contribution in [0.3, 0.4) is 0 Å². The first kappa shape index (κ1) is 20.0. The molecule has 0 bridgehead atoms. The average Bonchev–Trinajstić information content (AvgIpc) is 2.93. The standard InChI is InChI=1S/C18H31NO3S/c1-14(2)11-18(13-20,9-8-15-7-6-10-23-15)12-19-16(21)22-17(3,4)5/h6-7,10,14,20H,8-9,11-13H2,1-5H3,(H,19,21). The molecule has 1 amide bonds. The number of ether oxygens (including phenoxy) is 1. The van der Waals surface area contributed by atoms with Crippen LogP contribution in [0.4, 0.5) is 4.79 Å². The molecular weight excluding hydrogens is 310 g/mol. The van der Waals surface area contributed by atoms with Crippen LogP contribution >= 0.6 is 11.3 Å². The fourth-order valence-electron chi connectivity index (χ4n) is 2.75. The number of thiophene rings is 1. The molecule has 0 aliphatic carbocycles. The Morgan fingerprint density at radius 2 is 2.09 bits per heavy atom. The molecule has 1 rings (SSSR count). The molecule has 0 saturated carbocycles. The molecule has 0 saturated heterocycles. The average molecular weight is 342 g/mol. The summed E-state index contributed by atoms with van der Waals surface area (Å²) in [5.74, 6) is 0.450. The Bertz CT molecular complexity index is 465. The maximum Gasteiger partial charge on any atom is 0.407 e. The van der Waals surface area contributed by atoms with E-state index in [0.717, 1.165) is 19.3 Å². The van der Waals surface area contributed by atoms with Gasteiger partial charge in [0.1, 0.15) is 5.60 Å². The number of hydrogen-bond donors (Lipinski definition) is 2. The SMILES string of the molecule is CC(C)CC(CO)(CCc1cccs1)CNC(=O)OC(C)(C)C. The van der Waals surface area contributed by atoms with E-state index in [0.29, 0.717) is 12.5 Å². The Morgan fingerprint density at radius 1 is 1.39 bits per heavy atom. The minimum atomic E-state index is -0.513. The van der Waals surface area contributed by atoms with Crippen molar-refractivity contribution >= 4 is 17.4 Å². The lowest BCUT2D eigenvalue weighted by atomic mass is 9.77. The zero-order valence-electron chi connectivity index (χ0n) is 15.0. The van der Waals surface area contributed by atoms with Crippen LogP contribution in [0.5, 0.6) is 0 Å². The van der Waals surface area contributed by atoms with Crippen LogP contribution in [0.1, 0.15) is 52.3 Å². The zero-order valence-corrected chi connectivity index (χ0v) is 15.8. The molecule has 23 heavy (non-hydrogen) atoms. The fraction of sp³-hybridized carbons (Fsp3) is 0.722. The molecule has 0 aromatic carbocycles. The molecule has 0 radical (unpaired) electrons. The van der Waals surface area contributed by atoms with Gasteiger partial charge >= 0.3 is 6.09 Å². The number of aliphatic hydroxyl groups is 1. The molecule has 1 atom stereocenters. The van der Waals surface area contributed by atoms with E-state index in [9.17, 15) is 9.90 Å². The van der Waals surface area contributed by atoms with Gasteiger partial charge in [0.2, 0.25) is 0 Å². The summed E-state index contributed by atoms with van der Waals surface area (Å²) in [5, 5.41) is 14.9. The first-order chi connectivity index (χ1) is 10.7. The van der Waals surface area contributed by atoms with Crippen LogP contribution in [-0.4, -0.2) is 30.0 Å². The Hall–Kier alpha value is -1.07. The molecule has 1 heterocycles. The molecule has 1 aromatic heterocycles. The molecular formula is C18H31NO3S. The van der Waals surface area contributed by atoms with Crippen molar-refractivity contribution in [3.05, 3.63) is 22.4 Å². The van der Waals surface area contributed by atoms with Crippen molar-refractivity contribution in [2.75, 3.05) is 13.2 Å². The fourth-order valence-corrected chi connectivity index (χ4v) is 3.45. The molecule has 0 spiro atoms. The lowest BCUT2D eigenvalue weighted by molar-refractivity contribution is 0.0427. The molecule has 0 aliphatic rings. The number of rotatable bonds is 8. The van der Waals surface area contributed by atoms with Gasteiger partial charge in [-0.15, -0.1) is 11.3 Å². The van der Waals surface area contributed by atoms with Gasteiger partial charge in [-0.1, -0.05) is 19.9 Å². The zero-order chi connectivity index (χ0) is 17.5. The van der Waals surface area contributed by atoms with Gasteiger partial charge in [0.15, 0.2) is 0 Å². The highest BCUT2D eigenvalue weighted by molar-refractivity contribution is 7.09. The van der Waals surface area contributed by atoms with Gasteiger partial charge in [0.25, 0.3) is 0 Å². The molecule has 2 N–H and O–H groups in total. The van der Waals surface area contributed by atoms with E-state index in [1.165, 1.54) is 4.88 Å². The van der Waals surface area contributed by atoms with Crippen molar-refractivity contribution in [3.8, 4) is 0 Å². The highest BCUT2D eigenvalue weighted by Gasteiger charge is 2.31. The van der Waals surface area contributed by atoms with E-state index in [4.69, 9.17) is 4.74 Å². The predicted molar refractivity (Wildman–Crippen MR) is 95.9 cm³/mol. The van der Waals surface area contributed by atoms with Crippen LogP contribution < -0.4 is 5.32 Å². The second-order valence-electron chi connectivity index (χ2n) is 7.69. The summed E-state index contributed by atoms with van der Waals surface area (Å²) in [7, 11) is 0. The summed E-state index contributed by atoms with van der Waals surface area (Å²) in [6.45, 7) is 10.3. The van der Waals surface area contributed by atoms with Gasteiger partial charge in [-0.2, -0.15) is 0 Å². The summed E-state index contributed by atoms with van der Waals surface area (Å²) in [5.41, 5.74) is -0.823. The van der Waals surface area contributed by atoms with Crippen LogP contribution in [0, 0.1) is 11.3 Å². The number of hydrogen-bond acceptors (Lipinski definition) is 4. The second kappa shape index (κ2) is 8.69. The topological polar surface area (TPSA) is 58.6 Å². The summed E-state index contributed by atoms with van der Waals surface area (Å²) in [6.07, 6.45) is 2.21. The van der Waals surface area contributed by atoms with Gasteiger partial charge in [0.05, 0.1) is 6.61 Å². The quantitative estimate of drug-likeness (QED) is 0.744. The normalized spacial score (nSPS) is 14.6. The maximum absolute atomic E-state index is 11.9. The highest BCUT2D eigenvalue weighted by atomic mass is 32.1. The number of aryl methyl sites for hydroxylation is 1. The summed E-state index contributed by atoms with van der Waals surface area (Å²) in [4.78, 5) is 13.2. The monoisotopic (exact) mass is 341 g/mol. The lowest BCUT2D eigenvalue weighted by Crippen LogP contribution is -2.43. The third-order valence-electron chi connectivity index (χ3n) is 3.67. The van der Waals surface area contributed by atoms with Crippen molar-refractivity contribution in [2.45, 2.75) is 59.5 Å². The Kier molecular flexibility index (Phi) is 7.55. The van der Waals surface area contributed by atoms with Gasteiger partial charge in [-0.05, 0) is 57.4 Å². The molecule has 1 unspecified atom stereocenters. The van der Waals surface area contributed by atoms with Crippen molar-refractivity contribution in [1.29, 1.82) is 0 Å². The van der Waals surface area contributed by atoms with Crippen molar-refractivity contribution in [1.82, 2.24) is 5.32 Å². The van der Waals surface area contributed by atoms with Crippen LogP contribution in [0.25, 0.3) is 0 Å². The number of aliphatic hydroxyl groups excluding tert-OH is 1. The highest BCUT2D eigenvalue weighted by Crippen LogP contribution is 2.32. The number of carbonyl (C=O) groups excluding carboxylic acids is 1. The summed E-state index contributed by atoms with van der Waals surface area (Å²) >= 11 is 1.73. The van der Waals surface area contributed by atoms with E-state index in [2.05, 4.69) is 30.6 Å². The predicted octanol–water partition coefficient (Wildman–Crippen LogP) is 4.23. The summed E-state index contributed by atoms with van der Waals surface area (Å²) < 4.78 is 5.30. The van der Waals surface area contributed by atoms with Gasteiger partial charge in [-0.25, -0.2) is 4.79 Å². The van der Waals surface area contributed by atoms with Crippen LogP contribution in [-0.2, 0) is 11.2 Å². The molecule has 5 heteroatoms. The number of amides is 1.